The summed E-state index contributed by atoms with van der Waals surface area (Å²) in [6.45, 7) is 13.9. The molecule has 1 aromatic rings. The minimum Gasteiger partial charge on any atom is -0.341 e. The van der Waals surface area contributed by atoms with Gasteiger partial charge in [0.15, 0.2) is 0 Å². The molecule has 2 heterocycles. The minimum atomic E-state index is 0.0486. The molecule has 2 saturated heterocycles. The van der Waals surface area contributed by atoms with Crippen LogP contribution in [0.1, 0.15) is 58.9 Å². The Bertz CT molecular complexity index is 637. The number of piperidine rings is 1. The van der Waals surface area contributed by atoms with Gasteiger partial charge in [0.1, 0.15) is 0 Å². The Labute approximate surface area is 184 Å². The van der Waals surface area contributed by atoms with Crippen LogP contribution in [-0.2, 0) is 11.2 Å². The van der Waals surface area contributed by atoms with Crippen molar-refractivity contribution in [3.8, 4) is 0 Å². The zero-order valence-electron chi connectivity index (χ0n) is 19.6. The summed E-state index contributed by atoms with van der Waals surface area (Å²) in [5.41, 5.74) is 1.43. The van der Waals surface area contributed by atoms with Crippen LogP contribution in [0.4, 0.5) is 0 Å². The first-order valence-electron chi connectivity index (χ1n) is 12.2. The first-order valence-corrected chi connectivity index (χ1v) is 12.2. The summed E-state index contributed by atoms with van der Waals surface area (Å²) in [5, 5.41) is 3.67. The molecule has 2 fully saturated rings. The van der Waals surface area contributed by atoms with E-state index in [0.29, 0.717) is 29.7 Å². The summed E-state index contributed by atoms with van der Waals surface area (Å²) < 4.78 is 0. The number of likely N-dealkylation sites (tertiary alicyclic amines) is 1. The van der Waals surface area contributed by atoms with E-state index in [2.05, 4.69) is 73.1 Å². The maximum atomic E-state index is 13.6. The molecule has 3 rings (SSSR count). The largest absolute Gasteiger partial charge is 0.341 e. The highest BCUT2D eigenvalue weighted by Crippen LogP contribution is 2.25. The van der Waals surface area contributed by atoms with E-state index < -0.39 is 0 Å². The third-order valence-electron chi connectivity index (χ3n) is 6.76. The van der Waals surface area contributed by atoms with E-state index in [4.69, 9.17) is 0 Å². The van der Waals surface area contributed by atoms with Crippen molar-refractivity contribution in [3.63, 3.8) is 0 Å². The molecule has 0 saturated carbocycles. The van der Waals surface area contributed by atoms with Crippen LogP contribution in [0.2, 0.25) is 0 Å². The standard InChI is InChI=1S/C26H43N3O/c1-20(2)16-24-19-29(15-12-27-24)25(17-21(3)4)26(30)28-13-10-23(11-14-28)18-22-8-6-5-7-9-22/h5-9,20-21,23-25,27H,10-19H2,1-4H3/t24-,25-/m0/s1. The van der Waals surface area contributed by atoms with E-state index in [1.54, 1.807) is 0 Å². The van der Waals surface area contributed by atoms with Crippen molar-refractivity contribution in [1.29, 1.82) is 0 Å². The van der Waals surface area contributed by atoms with Crippen LogP contribution in [0.15, 0.2) is 30.3 Å². The van der Waals surface area contributed by atoms with Crippen molar-refractivity contribution in [2.45, 2.75) is 71.9 Å². The number of benzene rings is 1. The van der Waals surface area contributed by atoms with Crippen molar-refractivity contribution >= 4 is 5.91 Å². The summed E-state index contributed by atoms with van der Waals surface area (Å²) >= 11 is 0. The second-order valence-electron chi connectivity index (χ2n) is 10.4. The van der Waals surface area contributed by atoms with E-state index in [-0.39, 0.29) is 6.04 Å². The molecule has 4 nitrogen and oxygen atoms in total. The van der Waals surface area contributed by atoms with Crippen LogP contribution in [0.3, 0.4) is 0 Å². The van der Waals surface area contributed by atoms with Crippen molar-refractivity contribution in [1.82, 2.24) is 15.1 Å². The number of nitrogens with zero attached hydrogens (tertiary/aromatic N) is 2. The van der Waals surface area contributed by atoms with Crippen molar-refractivity contribution in [3.05, 3.63) is 35.9 Å². The van der Waals surface area contributed by atoms with Gasteiger partial charge < -0.3 is 10.2 Å². The quantitative estimate of drug-likeness (QED) is 0.694. The molecular weight excluding hydrogens is 370 g/mol. The highest BCUT2D eigenvalue weighted by atomic mass is 16.2. The van der Waals surface area contributed by atoms with Gasteiger partial charge in [0, 0.05) is 38.8 Å². The van der Waals surface area contributed by atoms with Crippen LogP contribution in [0, 0.1) is 17.8 Å². The summed E-state index contributed by atoms with van der Waals surface area (Å²) in [7, 11) is 0. The lowest BCUT2D eigenvalue weighted by molar-refractivity contribution is -0.139. The number of carbonyl (C=O) groups excluding carboxylic acids is 1. The molecule has 4 heteroatoms. The SMILES string of the molecule is CC(C)C[C@H]1CN([C@@H](CC(C)C)C(=O)N2CCC(Cc3ccccc3)CC2)CCN1. The second-order valence-corrected chi connectivity index (χ2v) is 10.4. The lowest BCUT2D eigenvalue weighted by Gasteiger charge is -2.42. The zero-order chi connectivity index (χ0) is 21.5. The summed E-state index contributed by atoms with van der Waals surface area (Å²) in [5.74, 6) is 2.31. The van der Waals surface area contributed by atoms with Crippen molar-refractivity contribution in [2.24, 2.45) is 17.8 Å². The first-order chi connectivity index (χ1) is 14.4. The molecule has 30 heavy (non-hydrogen) atoms. The number of rotatable bonds is 8. The van der Waals surface area contributed by atoms with Crippen LogP contribution < -0.4 is 5.32 Å². The topological polar surface area (TPSA) is 35.6 Å². The Morgan fingerprint density at radius 2 is 1.73 bits per heavy atom. The van der Waals surface area contributed by atoms with Crippen molar-refractivity contribution < 1.29 is 4.79 Å². The normalized spacial score (nSPS) is 22.6. The van der Waals surface area contributed by atoms with Gasteiger partial charge in [0.2, 0.25) is 5.91 Å². The highest BCUT2D eigenvalue weighted by molar-refractivity contribution is 5.82. The van der Waals surface area contributed by atoms with Gasteiger partial charge in [0.05, 0.1) is 6.04 Å². The molecule has 0 spiro atoms. The summed E-state index contributed by atoms with van der Waals surface area (Å²) in [4.78, 5) is 18.3. The molecular formula is C26H43N3O. The van der Waals surface area contributed by atoms with Gasteiger partial charge in [-0.1, -0.05) is 58.0 Å². The molecule has 168 valence electrons. The number of nitrogens with one attached hydrogen (secondary N) is 1. The minimum absolute atomic E-state index is 0.0486. The molecule has 2 aliphatic rings. The first kappa shape index (κ1) is 23.3. The molecule has 0 aliphatic carbocycles. The van der Waals surface area contributed by atoms with E-state index in [0.717, 1.165) is 58.4 Å². The van der Waals surface area contributed by atoms with E-state index in [1.165, 1.54) is 12.0 Å². The van der Waals surface area contributed by atoms with Gasteiger partial charge in [-0.05, 0) is 55.4 Å². The number of hydrogen-bond donors (Lipinski definition) is 1. The second kappa shape index (κ2) is 11.3. The Hall–Kier alpha value is -1.39. The van der Waals surface area contributed by atoms with Gasteiger partial charge in [-0.25, -0.2) is 0 Å². The van der Waals surface area contributed by atoms with Crippen LogP contribution in [-0.4, -0.2) is 60.5 Å². The molecule has 0 radical (unpaired) electrons. The van der Waals surface area contributed by atoms with Gasteiger partial charge in [0.25, 0.3) is 0 Å². The molecule has 1 aromatic carbocycles. The van der Waals surface area contributed by atoms with Crippen LogP contribution >= 0.6 is 0 Å². The molecule has 1 amide bonds. The van der Waals surface area contributed by atoms with Crippen LogP contribution in [0.5, 0.6) is 0 Å². The van der Waals surface area contributed by atoms with Gasteiger partial charge in [-0.2, -0.15) is 0 Å². The zero-order valence-corrected chi connectivity index (χ0v) is 19.6. The third kappa shape index (κ3) is 6.81. The van der Waals surface area contributed by atoms with E-state index >= 15 is 0 Å². The monoisotopic (exact) mass is 413 g/mol. The third-order valence-corrected chi connectivity index (χ3v) is 6.76. The Balaban J connectivity index is 1.57. The summed E-state index contributed by atoms with van der Waals surface area (Å²) in [6, 6.07) is 11.4. The van der Waals surface area contributed by atoms with Gasteiger partial charge in [-0.15, -0.1) is 0 Å². The lowest BCUT2D eigenvalue weighted by atomic mass is 9.89. The summed E-state index contributed by atoms with van der Waals surface area (Å²) in [6.07, 6.45) is 5.56. The predicted molar refractivity (Wildman–Crippen MR) is 126 cm³/mol. The average molecular weight is 414 g/mol. The number of piperazine rings is 1. The Morgan fingerprint density at radius 1 is 1.03 bits per heavy atom. The number of amides is 1. The van der Waals surface area contributed by atoms with Crippen LogP contribution in [0.25, 0.3) is 0 Å². The fourth-order valence-electron chi connectivity index (χ4n) is 5.23. The van der Waals surface area contributed by atoms with E-state index in [1.807, 2.05) is 0 Å². The molecule has 1 N–H and O–H groups in total. The van der Waals surface area contributed by atoms with Gasteiger partial charge >= 0.3 is 0 Å². The highest BCUT2D eigenvalue weighted by Gasteiger charge is 2.34. The maximum absolute atomic E-state index is 13.6. The number of carbonyl (C=O) groups is 1. The lowest BCUT2D eigenvalue weighted by Crippen LogP contribution is -2.59. The molecule has 0 bridgehead atoms. The molecule has 0 aromatic heterocycles. The molecule has 2 atom stereocenters. The molecule has 2 aliphatic heterocycles. The fourth-order valence-corrected chi connectivity index (χ4v) is 5.23. The number of hydrogen-bond acceptors (Lipinski definition) is 3. The van der Waals surface area contributed by atoms with E-state index in [9.17, 15) is 4.79 Å². The smallest absolute Gasteiger partial charge is 0.239 e. The maximum Gasteiger partial charge on any atom is 0.239 e. The fraction of sp³-hybridized carbons (Fsp3) is 0.731. The van der Waals surface area contributed by atoms with Gasteiger partial charge in [-0.3, -0.25) is 9.69 Å². The Morgan fingerprint density at radius 3 is 2.37 bits per heavy atom. The van der Waals surface area contributed by atoms with Crippen molar-refractivity contribution in [2.75, 3.05) is 32.7 Å². The Kier molecular flexibility index (Phi) is 8.76. The average Bonchev–Trinajstić information content (AvgIpc) is 2.72. The molecule has 0 unspecified atom stereocenters. The predicted octanol–water partition coefficient (Wildman–Crippen LogP) is 4.20.